The average Bonchev–Trinajstić information content (AvgIpc) is 3.23. The highest BCUT2D eigenvalue weighted by molar-refractivity contribution is 7.86. The van der Waals surface area contributed by atoms with Crippen LogP contribution >= 0.6 is 0 Å². The van der Waals surface area contributed by atoms with Gasteiger partial charge in [0.1, 0.15) is 13.2 Å². The Labute approximate surface area is 318 Å². The van der Waals surface area contributed by atoms with Crippen molar-refractivity contribution < 1.29 is 63.5 Å². The fourth-order valence-electron chi connectivity index (χ4n) is 10.9. The van der Waals surface area contributed by atoms with Crippen molar-refractivity contribution in [1.29, 1.82) is 0 Å². The Morgan fingerprint density at radius 1 is 0.818 bits per heavy atom. The van der Waals surface area contributed by atoms with Gasteiger partial charge in [0.25, 0.3) is 6.10 Å². The van der Waals surface area contributed by atoms with Crippen molar-refractivity contribution in [3.63, 3.8) is 0 Å². The Bertz CT molecular complexity index is 1630. The van der Waals surface area contributed by atoms with Crippen molar-refractivity contribution in [2.75, 3.05) is 31.2 Å². The molecular formula is C39H52F5NO9S. The van der Waals surface area contributed by atoms with Gasteiger partial charge in [-0.1, -0.05) is 32.6 Å². The monoisotopic (exact) mass is 805 g/mol. The third-order valence-corrected chi connectivity index (χ3v) is 14.0. The number of carbonyl (C=O) groups excluding carboxylic acids is 3. The highest BCUT2D eigenvalue weighted by Crippen LogP contribution is 2.60. The summed E-state index contributed by atoms with van der Waals surface area (Å²) in [5, 5.41) is -5.87. The third-order valence-electron chi connectivity index (χ3n) is 13.1. The minimum absolute atomic E-state index is 0.0132. The molecule has 6 fully saturated rings. The van der Waals surface area contributed by atoms with Gasteiger partial charge in [-0.3, -0.25) is 14.1 Å². The molecule has 10 nitrogen and oxygen atoms in total. The lowest BCUT2D eigenvalue weighted by Gasteiger charge is -2.55. The zero-order valence-electron chi connectivity index (χ0n) is 31.2. The largest absolute Gasteiger partial charge is 0.463 e. The van der Waals surface area contributed by atoms with E-state index in [0.29, 0.717) is 35.3 Å². The van der Waals surface area contributed by atoms with Gasteiger partial charge >= 0.3 is 39.5 Å². The van der Waals surface area contributed by atoms with E-state index in [1.807, 2.05) is 0 Å². The molecule has 0 aliphatic heterocycles. The SMILES string of the molecule is CCCC1CCC2(C(=O)OCCN(CCOC(=O)C34CC5CC(CC(C5)C3)C4)c3ccc(C(=O)OC(C(F)(F)F)C(F)(F)S(=O)(=O)O)cc3)CCCC(C1)C2. The molecular weight excluding hydrogens is 753 g/mol. The number of ether oxygens (including phenoxy) is 3. The lowest BCUT2D eigenvalue weighted by atomic mass is 9.49. The summed E-state index contributed by atoms with van der Waals surface area (Å²) < 4.78 is 115. The summed E-state index contributed by atoms with van der Waals surface area (Å²) in [6.07, 6.45) is 4.19. The summed E-state index contributed by atoms with van der Waals surface area (Å²) in [5.41, 5.74) is -1.23. The first-order valence-corrected chi connectivity index (χ1v) is 21.1. The van der Waals surface area contributed by atoms with E-state index in [1.165, 1.54) is 12.1 Å². The van der Waals surface area contributed by atoms with Crippen molar-refractivity contribution in [1.82, 2.24) is 0 Å². The van der Waals surface area contributed by atoms with Crippen LogP contribution in [0.1, 0.15) is 114 Å². The molecule has 6 aliphatic carbocycles. The van der Waals surface area contributed by atoms with Crippen molar-refractivity contribution in [2.24, 2.45) is 40.4 Å². The predicted octanol–water partition coefficient (Wildman–Crippen LogP) is 8.14. The molecule has 16 heteroatoms. The summed E-state index contributed by atoms with van der Waals surface area (Å²) in [4.78, 5) is 41.6. The molecule has 7 rings (SSSR count). The van der Waals surface area contributed by atoms with Crippen molar-refractivity contribution in [2.45, 2.75) is 121 Å². The summed E-state index contributed by atoms with van der Waals surface area (Å²) in [6.45, 7) is 2.42. The number of hydrogen-bond donors (Lipinski definition) is 1. The minimum atomic E-state index is -6.60. The van der Waals surface area contributed by atoms with E-state index in [-0.39, 0.29) is 38.2 Å². The molecule has 0 spiro atoms. The summed E-state index contributed by atoms with van der Waals surface area (Å²) in [6, 6.07) is 4.64. The molecule has 1 aromatic rings. The van der Waals surface area contributed by atoms with Crippen LogP contribution in [0, 0.1) is 40.4 Å². The average molecular weight is 806 g/mol. The predicted molar refractivity (Wildman–Crippen MR) is 190 cm³/mol. The van der Waals surface area contributed by atoms with Crippen LogP contribution in [0.2, 0.25) is 0 Å². The maximum absolute atomic E-state index is 14.0. The first kappa shape index (κ1) is 41.6. The van der Waals surface area contributed by atoms with Crippen LogP contribution in [0.15, 0.2) is 24.3 Å². The van der Waals surface area contributed by atoms with Gasteiger partial charge in [-0.05, 0) is 124 Å². The van der Waals surface area contributed by atoms with Crippen LogP contribution in [-0.4, -0.2) is 74.7 Å². The molecule has 0 amide bonds. The zero-order chi connectivity index (χ0) is 39.8. The number of benzene rings is 1. The van der Waals surface area contributed by atoms with Crippen LogP contribution in [0.4, 0.5) is 27.6 Å². The van der Waals surface area contributed by atoms with Gasteiger partial charge in [-0.25, -0.2) is 4.79 Å². The van der Waals surface area contributed by atoms with Crippen molar-refractivity contribution in [3.8, 4) is 0 Å². The molecule has 0 saturated heterocycles. The molecule has 4 unspecified atom stereocenters. The van der Waals surface area contributed by atoms with E-state index >= 15 is 0 Å². The fraction of sp³-hybridized carbons (Fsp3) is 0.769. The van der Waals surface area contributed by atoms with Crippen LogP contribution in [-0.2, 0) is 33.9 Å². The van der Waals surface area contributed by atoms with Crippen LogP contribution in [0.5, 0.6) is 0 Å². The second-order valence-corrected chi connectivity index (χ2v) is 18.5. The minimum Gasteiger partial charge on any atom is -0.463 e. The maximum atomic E-state index is 14.0. The standard InChI is InChI=1S/C39H52F5NO9S/c1-2-4-25-10-12-36(11-3-5-26(17-25)21-36)34(47)52-15-13-45(14-16-53-35(48)37-22-27-18-28(23-37)20-29(19-27)24-37)31-8-6-30(7-9-31)32(46)54-33(38(40,41)42)39(43,44)55(49,50)51/h6-9,25-29,33H,2-5,10-24H2,1H3,(H,49,50,51). The summed E-state index contributed by atoms with van der Waals surface area (Å²) >= 11 is 0. The Morgan fingerprint density at radius 2 is 1.36 bits per heavy atom. The fourth-order valence-corrected chi connectivity index (χ4v) is 11.4. The molecule has 0 aromatic heterocycles. The Kier molecular flexibility index (Phi) is 12.2. The number of nitrogens with zero attached hydrogens (tertiary/aromatic N) is 1. The molecule has 308 valence electrons. The maximum Gasteiger partial charge on any atom is 0.432 e. The molecule has 0 radical (unpaired) electrons. The van der Waals surface area contributed by atoms with E-state index in [1.54, 1.807) is 4.90 Å². The van der Waals surface area contributed by atoms with Crippen LogP contribution in [0.3, 0.4) is 0 Å². The van der Waals surface area contributed by atoms with Crippen LogP contribution < -0.4 is 4.90 Å². The number of anilines is 1. The Balaban J connectivity index is 1.13. The number of esters is 3. The summed E-state index contributed by atoms with van der Waals surface area (Å²) in [7, 11) is -6.60. The number of rotatable bonds is 15. The van der Waals surface area contributed by atoms with E-state index in [4.69, 9.17) is 14.0 Å². The van der Waals surface area contributed by atoms with Gasteiger partial charge in [-0.15, -0.1) is 0 Å². The number of hydrogen-bond acceptors (Lipinski definition) is 9. The lowest BCUT2D eigenvalue weighted by molar-refractivity contribution is -0.248. The topological polar surface area (TPSA) is 137 Å². The number of carbonyl (C=O) groups is 3. The van der Waals surface area contributed by atoms with E-state index in [2.05, 4.69) is 11.7 Å². The second-order valence-electron chi connectivity index (χ2n) is 17.0. The van der Waals surface area contributed by atoms with Gasteiger partial charge < -0.3 is 19.1 Å². The van der Waals surface area contributed by atoms with Gasteiger partial charge in [-0.2, -0.15) is 30.4 Å². The summed E-state index contributed by atoms with van der Waals surface area (Å²) in [5.74, 6) is 0.313. The lowest BCUT2D eigenvalue weighted by Crippen LogP contribution is -2.52. The van der Waals surface area contributed by atoms with Crippen molar-refractivity contribution in [3.05, 3.63) is 29.8 Å². The Morgan fingerprint density at radius 3 is 1.89 bits per heavy atom. The first-order chi connectivity index (χ1) is 25.8. The van der Waals surface area contributed by atoms with Gasteiger partial charge in [0.15, 0.2) is 0 Å². The highest BCUT2D eigenvalue weighted by atomic mass is 32.2. The second kappa shape index (κ2) is 16.1. The van der Waals surface area contributed by atoms with Gasteiger partial charge in [0, 0.05) is 5.69 Å². The van der Waals surface area contributed by atoms with Crippen molar-refractivity contribution >= 4 is 33.7 Å². The van der Waals surface area contributed by atoms with E-state index in [9.17, 15) is 44.8 Å². The van der Waals surface area contributed by atoms with Gasteiger partial charge in [0.2, 0.25) is 0 Å². The Hall–Kier alpha value is -3.01. The molecule has 6 bridgehead atoms. The zero-order valence-corrected chi connectivity index (χ0v) is 32.0. The number of fused-ring (bicyclic) bond motifs is 2. The molecule has 1 N–H and O–H groups in total. The van der Waals surface area contributed by atoms with Gasteiger partial charge in [0.05, 0.1) is 29.5 Å². The smallest absolute Gasteiger partial charge is 0.432 e. The normalized spacial score (nSPS) is 30.9. The molecule has 6 aliphatic rings. The van der Waals surface area contributed by atoms with E-state index < -0.39 is 50.0 Å². The number of halogens is 5. The molecule has 1 aromatic carbocycles. The molecule has 55 heavy (non-hydrogen) atoms. The quantitative estimate of drug-likeness (QED) is 0.0801. The van der Waals surface area contributed by atoms with E-state index in [0.717, 1.165) is 108 Å². The highest BCUT2D eigenvalue weighted by Gasteiger charge is 2.66. The molecule has 0 heterocycles. The number of alkyl halides is 5. The molecule has 4 atom stereocenters. The third kappa shape index (κ3) is 9.10. The molecule has 6 saturated carbocycles. The first-order valence-electron chi connectivity index (χ1n) is 19.7. The van der Waals surface area contributed by atoms with Crippen LogP contribution in [0.25, 0.3) is 0 Å².